The van der Waals surface area contributed by atoms with Gasteiger partial charge in [0.2, 0.25) is 0 Å². The first kappa shape index (κ1) is 28.0. The smallest absolute Gasteiger partial charge is 0.306 e. The Morgan fingerprint density at radius 3 is 2.02 bits per heavy atom. The van der Waals surface area contributed by atoms with E-state index in [-0.39, 0.29) is 36.1 Å². The Labute approximate surface area is 243 Å². The zero-order valence-electron chi connectivity index (χ0n) is 24.6. The molecule has 0 unspecified atom stereocenters. The van der Waals surface area contributed by atoms with Crippen LogP contribution < -0.4 is 24.3 Å². The maximum Gasteiger partial charge on any atom is 0.306 e. The average molecular weight is 566 g/mol. The van der Waals surface area contributed by atoms with E-state index in [0.717, 1.165) is 29.0 Å². The van der Waals surface area contributed by atoms with E-state index in [4.69, 9.17) is 28.4 Å². The van der Waals surface area contributed by atoms with Gasteiger partial charge in [0.25, 0.3) is 0 Å². The van der Waals surface area contributed by atoms with Crippen molar-refractivity contribution in [2.75, 3.05) is 47.0 Å². The van der Waals surface area contributed by atoms with Gasteiger partial charge < -0.3 is 33.7 Å². The minimum Gasteiger partial charge on any atom is -0.493 e. The zero-order chi connectivity index (χ0) is 28.6. The molecule has 4 bridgehead atoms. The lowest BCUT2D eigenvalue weighted by atomic mass is 9.49. The fourth-order valence-electron chi connectivity index (χ4n) is 8.58. The predicted octanol–water partition coefficient (Wildman–Crippen LogP) is 6.04. The molecule has 1 heterocycles. The molecule has 0 spiro atoms. The fraction of sp³-hybridized carbons (Fsp3) is 0.606. The number of ether oxygens (including phenoxy) is 6. The molecule has 7 rings (SSSR count). The van der Waals surface area contributed by atoms with Crippen molar-refractivity contribution in [3.63, 3.8) is 0 Å². The SMILES string of the molecule is COc1ccc(N[C@H]2CO[C@H](c3ccc(OC)c(OC)c3)[C@H]2COC(=O)CC23CC4CC(CC(C4)C2)C3)cc1OC. The van der Waals surface area contributed by atoms with Crippen molar-refractivity contribution in [3.05, 3.63) is 42.0 Å². The first-order chi connectivity index (χ1) is 19.9. The van der Waals surface area contributed by atoms with Gasteiger partial charge in [0.15, 0.2) is 23.0 Å². The topological polar surface area (TPSA) is 84.5 Å². The van der Waals surface area contributed by atoms with Crippen LogP contribution in [-0.4, -0.2) is 53.7 Å². The van der Waals surface area contributed by atoms with Crippen molar-refractivity contribution in [3.8, 4) is 23.0 Å². The van der Waals surface area contributed by atoms with Crippen LogP contribution in [-0.2, 0) is 14.3 Å². The van der Waals surface area contributed by atoms with Crippen LogP contribution in [0.15, 0.2) is 36.4 Å². The first-order valence-corrected chi connectivity index (χ1v) is 14.9. The third kappa shape index (κ3) is 5.68. The summed E-state index contributed by atoms with van der Waals surface area (Å²) in [5, 5.41) is 3.61. The number of carbonyl (C=O) groups is 1. The lowest BCUT2D eigenvalue weighted by Crippen LogP contribution is -2.47. The van der Waals surface area contributed by atoms with Gasteiger partial charge in [0, 0.05) is 17.7 Å². The molecule has 2 aromatic carbocycles. The van der Waals surface area contributed by atoms with Crippen molar-refractivity contribution < 1.29 is 33.2 Å². The summed E-state index contributed by atoms with van der Waals surface area (Å²) in [6.07, 6.45) is 7.94. The van der Waals surface area contributed by atoms with Crippen molar-refractivity contribution in [2.45, 2.75) is 57.1 Å². The van der Waals surface area contributed by atoms with E-state index >= 15 is 0 Å². The van der Waals surface area contributed by atoms with Gasteiger partial charge in [0.1, 0.15) is 0 Å². The maximum absolute atomic E-state index is 13.4. The molecule has 4 aliphatic carbocycles. The number of nitrogens with one attached hydrogen (secondary N) is 1. The molecule has 1 aliphatic heterocycles. The summed E-state index contributed by atoms with van der Waals surface area (Å²) in [7, 11) is 6.50. The number of esters is 1. The van der Waals surface area contributed by atoms with Crippen LogP contribution in [0.2, 0.25) is 0 Å². The van der Waals surface area contributed by atoms with E-state index < -0.39 is 0 Å². The molecular weight excluding hydrogens is 522 g/mol. The van der Waals surface area contributed by atoms with Gasteiger partial charge >= 0.3 is 5.97 Å². The van der Waals surface area contributed by atoms with Crippen LogP contribution in [0, 0.1) is 29.1 Å². The second-order valence-electron chi connectivity index (χ2n) is 12.6. The zero-order valence-corrected chi connectivity index (χ0v) is 24.6. The van der Waals surface area contributed by atoms with Crippen molar-refractivity contribution in [1.29, 1.82) is 0 Å². The van der Waals surface area contributed by atoms with Crippen LogP contribution in [0.4, 0.5) is 5.69 Å². The molecule has 1 saturated heterocycles. The van der Waals surface area contributed by atoms with Gasteiger partial charge in [-0.2, -0.15) is 0 Å². The van der Waals surface area contributed by atoms with Crippen LogP contribution >= 0.6 is 0 Å². The Bertz CT molecular complexity index is 1210. The molecule has 0 radical (unpaired) electrons. The number of carbonyl (C=O) groups excluding carboxylic acids is 1. The molecule has 0 amide bonds. The molecule has 5 fully saturated rings. The van der Waals surface area contributed by atoms with Crippen LogP contribution in [0.5, 0.6) is 23.0 Å². The van der Waals surface area contributed by atoms with Gasteiger partial charge in [-0.05, 0) is 91.5 Å². The highest BCUT2D eigenvalue weighted by Gasteiger charge is 2.52. The summed E-state index contributed by atoms with van der Waals surface area (Å²) in [5.41, 5.74) is 1.99. The minimum atomic E-state index is -0.278. The molecule has 222 valence electrons. The second-order valence-corrected chi connectivity index (χ2v) is 12.6. The summed E-state index contributed by atoms with van der Waals surface area (Å²) >= 11 is 0. The number of benzene rings is 2. The van der Waals surface area contributed by atoms with E-state index in [1.807, 2.05) is 36.4 Å². The molecule has 4 saturated carbocycles. The third-order valence-electron chi connectivity index (χ3n) is 9.95. The normalized spacial score (nSPS) is 31.5. The molecule has 0 aromatic heterocycles. The molecule has 41 heavy (non-hydrogen) atoms. The molecule has 2 aromatic rings. The van der Waals surface area contributed by atoms with Crippen LogP contribution in [0.1, 0.15) is 56.6 Å². The van der Waals surface area contributed by atoms with E-state index in [9.17, 15) is 4.79 Å². The Morgan fingerprint density at radius 2 is 1.41 bits per heavy atom. The largest absolute Gasteiger partial charge is 0.493 e. The van der Waals surface area contributed by atoms with E-state index in [1.165, 1.54) is 38.5 Å². The fourth-order valence-corrected chi connectivity index (χ4v) is 8.58. The van der Waals surface area contributed by atoms with E-state index in [1.54, 1.807) is 28.4 Å². The van der Waals surface area contributed by atoms with Crippen LogP contribution in [0.3, 0.4) is 0 Å². The molecule has 3 atom stereocenters. The maximum atomic E-state index is 13.4. The Balaban J connectivity index is 1.19. The second kappa shape index (κ2) is 11.6. The highest BCUT2D eigenvalue weighted by atomic mass is 16.5. The molecular formula is C33H43NO7. The highest BCUT2D eigenvalue weighted by molar-refractivity contribution is 5.70. The molecule has 8 heteroatoms. The number of hydrogen-bond donors (Lipinski definition) is 1. The number of rotatable bonds is 11. The van der Waals surface area contributed by atoms with Gasteiger partial charge in [-0.25, -0.2) is 0 Å². The third-order valence-corrected chi connectivity index (χ3v) is 9.95. The Morgan fingerprint density at radius 1 is 0.829 bits per heavy atom. The summed E-state index contributed by atoms with van der Waals surface area (Å²) in [5.74, 6) is 4.85. The standard InChI is InChI=1S/C33H43NO7/c1-36-27-7-5-23(12-29(27)38-3)32-25(26(19-41-32)34-24-6-8-28(37-2)30(13-24)39-4)18-40-31(35)17-33-14-20-9-21(15-33)11-22(10-20)16-33/h5-8,12-13,20-22,25-26,32,34H,9-11,14-19H2,1-4H3/t20?,21?,22?,25-,26-,32+,33?/m0/s1. The number of hydrogen-bond acceptors (Lipinski definition) is 8. The summed E-state index contributed by atoms with van der Waals surface area (Å²) < 4.78 is 34.4. The molecule has 5 aliphatic rings. The van der Waals surface area contributed by atoms with Crippen molar-refractivity contribution in [2.24, 2.45) is 29.1 Å². The van der Waals surface area contributed by atoms with Gasteiger partial charge in [-0.3, -0.25) is 4.79 Å². The monoisotopic (exact) mass is 565 g/mol. The summed E-state index contributed by atoms with van der Waals surface area (Å²) in [4.78, 5) is 13.4. The average Bonchev–Trinajstić information content (AvgIpc) is 3.36. The lowest BCUT2D eigenvalue weighted by molar-refractivity contribution is -0.153. The Kier molecular flexibility index (Phi) is 7.94. The van der Waals surface area contributed by atoms with Crippen molar-refractivity contribution >= 4 is 11.7 Å². The minimum absolute atomic E-state index is 0.0743. The molecule has 8 nitrogen and oxygen atoms in total. The van der Waals surface area contributed by atoms with Gasteiger partial charge in [0.05, 0.1) is 60.2 Å². The number of methoxy groups -OCH3 is 4. The molecule has 1 N–H and O–H groups in total. The lowest BCUT2D eigenvalue weighted by Gasteiger charge is -2.56. The van der Waals surface area contributed by atoms with Crippen molar-refractivity contribution in [1.82, 2.24) is 0 Å². The highest BCUT2D eigenvalue weighted by Crippen LogP contribution is 2.61. The first-order valence-electron chi connectivity index (χ1n) is 14.9. The number of anilines is 1. The van der Waals surface area contributed by atoms with E-state index in [2.05, 4.69) is 5.32 Å². The van der Waals surface area contributed by atoms with Gasteiger partial charge in [-0.1, -0.05) is 6.07 Å². The van der Waals surface area contributed by atoms with Crippen LogP contribution in [0.25, 0.3) is 0 Å². The Hall–Kier alpha value is -3.13. The summed E-state index contributed by atoms with van der Waals surface area (Å²) in [6, 6.07) is 11.5. The predicted molar refractivity (Wildman–Crippen MR) is 155 cm³/mol. The summed E-state index contributed by atoms with van der Waals surface area (Å²) in [6.45, 7) is 0.736. The van der Waals surface area contributed by atoms with Gasteiger partial charge in [-0.15, -0.1) is 0 Å². The quantitative estimate of drug-likeness (QED) is 0.330. The van der Waals surface area contributed by atoms with E-state index in [0.29, 0.717) is 36.0 Å².